The van der Waals surface area contributed by atoms with E-state index in [9.17, 15) is 13.2 Å². The molecular formula is C18H22N2O3S. The Balaban J connectivity index is 2.02. The molecule has 1 amide bonds. The van der Waals surface area contributed by atoms with E-state index in [0.717, 1.165) is 11.1 Å². The molecule has 1 atom stereocenters. The number of carbonyl (C=O) groups is 1. The van der Waals surface area contributed by atoms with Gasteiger partial charge in [-0.15, -0.1) is 0 Å². The van der Waals surface area contributed by atoms with Crippen LogP contribution in [0.2, 0.25) is 0 Å². The smallest absolute Gasteiger partial charge is 0.241 e. The molecule has 128 valence electrons. The molecule has 2 aromatic rings. The van der Waals surface area contributed by atoms with Crippen molar-refractivity contribution in [3.05, 3.63) is 65.7 Å². The van der Waals surface area contributed by atoms with Crippen molar-refractivity contribution in [2.75, 3.05) is 0 Å². The Morgan fingerprint density at radius 3 is 2.25 bits per heavy atom. The molecule has 2 aromatic carbocycles. The lowest BCUT2D eigenvalue weighted by Crippen LogP contribution is -2.46. The molecule has 0 aliphatic carbocycles. The third kappa shape index (κ3) is 4.91. The fraction of sp³-hybridized carbons (Fsp3) is 0.278. The first kappa shape index (κ1) is 18.2. The van der Waals surface area contributed by atoms with Gasteiger partial charge in [0.2, 0.25) is 15.9 Å². The number of carbonyl (C=O) groups excluding carboxylic acids is 1. The monoisotopic (exact) mass is 346 g/mol. The zero-order chi connectivity index (χ0) is 17.6. The average Bonchev–Trinajstić information content (AvgIpc) is 2.59. The summed E-state index contributed by atoms with van der Waals surface area (Å²) in [5.74, 6) is -0.336. The first-order valence-corrected chi connectivity index (χ1v) is 9.31. The number of nitrogens with one attached hydrogen (secondary N) is 2. The molecule has 0 bridgehead atoms. The fourth-order valence-corrected chi connectivity index (χ4v) is 3.48. The predicted molar refractivity (Wildman–Crippen MR) is 93.9 cm³/mol. The van der Waals surface area contributed by atoms with Crippen molar-refractivity contribution >= 4 is 15.9 Å². The van der Waals surface area contributed by atoms with E-state index in [4.69, 9.17) is 0 Å². The van der Waals surface area contributed by atoms with E-state index in [0.29, 0.717) is 13.0 Å². The molecule has 24 heavy (non-hydrogen) atoms. The third-order valence-corrected chi connectivity index (χ3v) is 5.15. The highest BCUT2D eigenvalue weighted by Gasteiger charge is 2.24. The second kappa shape index (κ2) is 8.08. The molecular weight excluding hydrogens is 324 g/mol. The van der Waals surface area contributed by atoms with Crippen LogP contribution in [0.1, 0.15) is 24.5 Å². The quantitative estimate of drug-likeness (QED) is 0.808. The molecule has 6 heteroatoms. The maximum Gasteiger partial charge on any atom is 0.241 e. The van der Waals surface area contributed by atoms with Crippen LogP contribution in [0.4, 0.5) is 0 Å². The highest BCUT2D eigenvalue weighted by atomic mass is 32.2. The van der Waals surface area contributed by atoms with Crippen molar-refractivity contribution < 1.29 is 13.2 Å². The van der Waals surface area contributed by atoms with Crippen molar-refractivity contribution in [3.8, 4) is 0 Å². The lowest BCUT2D eigenvalue weighted by Gasteiger charge is -2.17. The largest absolute Gasteiger partial charge is 0.351 e. The van der Waals surface area contributed by atoms with Gasteiger partial charge in [0.05, 0.1) is 4.90 Å². The molecule has 0 aliphatic heterocycles. The minimum absolute atomic E-state index is 0.155. The number of amides is 1. The first-order valence-electron chi connectivity index (χ1n) is 7.83. The van der Waals surface area contributed by atoms with Gasteiger partial charge in [-0.3, -0.25) is 4.79 Å². The van der Waals surface area contributed by atoms with Crippen LogP contribution in [0.3, 0.4) is 0 Å². The summed E-state index contributed by atoms with van der Waals surface area (Å²) >= 11 is 0. The van der Waals surface area contributed by atoms with Gasteiger partial charge in [0.1, 0.15) is 6.04 Å². The number of hydrogen-bond donors (Lipinski definition) is 2. The van der Waals surface area contributed by atoms with Crippen molar-refractivity contribution in [2.24, 2.45) is 0 Å². The summed E-state index contributed by atoms with van der Waals surface area (Å²) < 4.78 is 27.3. The Morgan fingerprint density at radius 1 is 1.04 bits per heavy atom. The van der Waals surface area contributed by atoms with Gasteiger partial charge in [0, 0.05) is 6.54 Å². The van der Waals surface area contributed by atoms with Gasteiger partial charge in [-0.25, -0.2) is 8.42 Å². The van der Waals surface area contributed by atoms with Gasteiger partial charge in [-0.1, -0.05) is 55.0 Å². The van der Waals surface area contributed by atoms with Gasteiger partial charge < -0.3 is 5.32 Å². The minimum atomic E-state index is -3.73. The number of benzene rings is 2. The highest BCUT2D eigenvalue weighted by Crippen LogP contribution is 2.11. The summed E-state index contributed by atoms with van der Waals surface area (Å²) in [4.78, 5) is 12.4. The summed E-state index contributed by atoms with van der Waals surface area (Å²) in [5, 5.41) is 2.77. The Hall–Kier alpha value is -2.18. The van der Waals surface area contributed by atoms with E-state index in [1.54, 1.807) is 19.1 Å². The molecule has 0 radical (unpaired) electrons. The molecule has 2 rings (SSSR count). The lowest BCUT2D eigenvalue weighted by molar-refractivity contribution is -0.122. The maximum absolute atomic E-state index is 12.4. The van der Waals surface area contributed by atoms with Gasteiger partial charge in [0.25, 0.3) is 0 Å². The van der Waals surface area contributed by atoms with Gasteiger partial charge in [0.15, 0.2) is 0 Å². The van der Waals surface area contributed by atoms with Crippen molar-refractivity contribution in [2.45, 2.75) is 37.8 Å². The normalized spacial score (nSPS) is 12.6. The van der Waals surface area contributed by atoms with Gasteiger partial charge in [-0.2, -0.15) is 4.72 Å². The van der Waals surface area contributed by atoms with Crippen molar-refractivity contribution in [1.82, 2.24) is 10.0 Å². The Bertz CT molecular complexity index is 772. The second-order valence-electron chi connectivity index (χ2n) is 5.60. The predicted octanol–water partition coefficient (Wildman–Crippen LogP) is 2.37. The standard InChI is InChI=1S/C18H22N2O3S/c1-3-17(18(21)19-13-15-7-5-4-6-8-15)20-24(22,23)16-11-9-14(2)10-12-16/h4-12,17,20H,3,13H2,1-2H3,(H,19,21). The van der Waals surface area contributed by atoms with Crippen LogP contribution in [0, 0.1) is 6.92 Å². The van der Waals surface area contributed by atoms with Crippen LogP contribution in [0.25, 0.3) is 0 Å². The molecule has 0 heterocycles. The van der Waals surface area contributed by atoms with Crippen LogP contribution in [-0.4, -0.2) is 20.4 Å². The molecule has 0 aromatic heterocycles. The highest BCUT2D eigenvalue weighted by molar-refractivity contribution is 7.89. The molecule has 1 unspecified atom stereocenters. The SMILES string of the molecule is CCC(NS(=O)(=O)c1ccc(C)cc1)C(=O)NCc1ccccc1. The Labute approximate surface area is 143 Å². The van der Waals surface area contributed by atoms with E-state index in [1.165, 1.54) is 12.1 Å². The maximum atomic E-state index is 12.4. The summed E-state index contributed by atoms with van der Waals surface area (Å²) in [6, 6.07) is 15.2. The summed E-state index contributed by atoms with van der Waals surface area (Å²) in [6.07, 6.45) is 0.367. The first-order chi connectivity index (χ1) is 11.4. The minimum Gasteiger partial charge on any atom is -0.351 e. The average molecular weight is 346 g/mol. The summed E-state index contributed by atoms with van der Waals surface area (Å²) in [7, 11) is -3.73. The van der Waals surface area contributed by atoms with Crippen LogP contribution >= 0.6 is 0 Å². The van der Waals surface area contributed by atoms with E-state index in [2.05, 4.69) is 10.0 Å². The number of hydrogen-bond acceptors (Lipinski definition) is 3. The zero-order valence-electron chi connectivity index (χ0n) is 13.8. The van der Waals surface area contributed by atoms with E-state index in [1.807, 2.05) is 37.3 Å². The van der Waals surface area contributed by atoms with Crippen molar-refractivity contribution in [3.63, 3.8) is 0 Å². The molecule has 0 fully saturated rings. The summed E-state index contributed by atoms with van der Waals surface area (Å²) in [6.45, 7) is 4.02. The Kier molecular flexibility index (Phi) is 6.11. The van der Waals surface area contributed by atoms with Gasteiger partial charge >= 0.3 is 0 Å². The Morgan fingerprint density at radius 2 is 1.67 bits per heavy atom. The van der Waals surface area contributed by atoms with Crippen LogP contribution in [0.15, 0.2) is 59.5 Å². The third-order valence-electron chi connectivity index (χ3n) is 3.66. The topological polar surface area (TPSA) is 75.3 Å². The lowest BCUT2D eigenvalue weighted by atomic mass is 10.2. The van der Waals surface area contributed by atoms with E-state index < -0.39 is 16.1 Å². The van der Waals surface area contributed by atoms with Crippen LogP contribution in [-0.2, 0) is 21.4 Å². The van der Waals surface area contributed by atoms with Crippen LogP contribution < -0.4 is 10.0 Å². The zero-order valence-corrected chi connectivity index (χ0v) is 14.6. The van der Waals surface area contributed by atoms with Crippen molar-refractivity contribution in [1.29, 1.82) is 0 Å². The number of aryl methyl sites for hydroxylation is 1. The summed E-state index contributed by atoms with van der Waals surface area (Å²) in [5.41, 5.74) is 1.93. The second-order valence-corrected chi connectivity index (χ2v) is 7.31. The van der Waals surface area contributed by atoms with Gasteiger partial charge in [-0.05, 0) is 31.0 Å². The van der Waals surface area contributed by atoms with E-state index >= 15 is 0 Å². The molecule has 0 spiro atoms. The molecule has 0 saturated carbocycles. The number of sulfonamides is 1. The molecule has 2 N–H and O–H groups in total. The number of rotatable bonds is 7. The van der Waals surface area contributed by atoms with Crippen LogP contribution in [0.5, 0.6) is 0 Å². The molecule has 0 saturated heterocycles. The fourth-order valence-electron chi connectivity index (χ4n) is 2.20. The van der Waals surface area contributed by atoms with E-state index in [-0.39, 0.29) is 10.8 Å². The molecule has 5 nitrogen and oxygen atoms in total. The molecule has 0 aliphatic rings.